The summed E-state index contributed by atoms with van der Waals surface area (Å²) in [6.07, 6.45) is -0.896. The molecule has 7 nitrogen and oxygen atoms in total. The van der Waals surface area contributed by atoms with Crippen molar-refractivity contribution in [1.82, 2.24) is 9.80 Å². The lowest BCUT2D eigenvalue weighted by Gasteiger charge is -2.35. The molecular weight excluding hydrogens is 384 g/mol. The standard InChI is InChI=1S/C23H28N2O5/c1-17(30-23(27)21-19(28-2)10-7-11-20(21)29-3)22(26)25-14-12-24(13-15-25)16-18-8-5-4-6-9-18/h4-11,17H,12-16H2,1-3H3. The summed E-state index contributed by atoms with van der Waals surface area (Å²) in [5.74, 6) is -0.161. The van der Waals surface area contributed by atoms with Crippen LogP contribution in [0.2, 0.25) is 0 Å². The zero-order chi connectivity index (χ0) is 21.5. The lowest BCUT2D eigenvalue weighted by atomic mass is 10.1. The first kappa shape index (κ1) is 21.6. The fourth-order valence-electron chi connectivity index (χ4n) is 3.55. The Bertz CT molecular complexity index is 841. The highest BCUT2D eigenvalue weighted by atomic mass is 16.6. The number of piperazine rings is 1. The normalized spacial score (nSPS) is 15.4. The predicted molar refractivity (Wildman–Crippen MR) is 113 cm³/mol. The molecule has 30 heavy (non-hydrogen) atoms. The highest BCUT2D eigenvalue weighted by Crippen LogP contribution is 2.29. The molecule has 0 aliphatic carbocycles. The second kappa shape index (κ2) is 10.1. The van der Waals surface area contributed by atoms with Crippen molar-refractivity contribution in [3.63, 3.8) is 0 Å². The summed E-state index contributed by atoms with van der Waals surface area (Å²) in [6.45, 7) is 5.22. The molecule has 1 aliphatic heterocycles. The first-order chi connectivity index (χ1) is 14.5. The van der Waals surface area contributed by atoms with E-state index in [9.17, 15) is 9.59 Å². The van der Waals surface area contributed by atoms with Crippen LogP contribution in [0.5, 0.6) is 11.5 Å². The molecule has 2 aromatic carbocycles. The zero-order valence-corrected chi connectivity index (χ0v) is 17.7. The molecule has 0 spiro atoms. The van der Waals surface area contributed by atoms with E-state index in [4.69, 9.17) is 14.2 Å². The van der Waals surface area contributed by atoms with Gasteiger partial charge in [0.1, 0.15) is 17.1 Å². The van der Waals surface area contributed by atoms with Crippen LogP contribution in [0.1, 0.15) is 22.8 Å². The molecule has 1 saturated heterocycles. The molecule has 2 aromatic rings. The minimum atomic E-state index is -0.896. The molecule has 7 heteroatoms. The van der Waals surface area contributed by atoms with Crippen molar-refractivity contribution < 1.29 is 23.8 Å². The molecule has 0 N–H and O–H groups in total. The van der Waals surface area contributed by atoms with E-state index >= 15 is 0 Å². The van der Waals surface area contributed by atoms with E-state index in [-0.39, 0.29) is 11.5 Å². The van der Waals surface area contributed by atoms with Crippen molar-refractivity contribution in [2.45, 2.75) is 19.6 Å². The van der Waals surface area contributed by atoms with E-state index in [1.807, 2.05) is 18.2 Å². The van der Waals surface area contributed by atoms with Gasteiger partial charge < -0.3 is 19.1 Å². The summed E-state index contributed by atoms with van der Waals surface area (Å²) in [5.41, 5.74) is 1.43. The predicted octanol–water partition coefficient (Wildman–Crippen LogP) is 2.59. The van der Waals surface area contributed by atoms with Gasteiger partial charge in [0.25, 0.3) is 5.91 Å². The first-order valence-corrected chi connectivity index (χ1v) is 10.0. The maximum Gasteiger partial charge on any atom is 0.346 e. The molecule has 0 aromatic heterocycles. The van der Waals surface area contributed by atoms with Gasteiger partial charge in [0.2, 0.25) is 0 Å². The average molecular weight is 412 g/mol. The number of carbonyl (C=O) groups is 2. The van der Waals surface area contributed by atoms with Crippen LogP contribution in [0.3, 0.4) is 0 Å². The summed E-state index contributed by atoms with van der Waals surface area (Å²) in [6, 6.07) is 15.3. The molecule has 1 heterocycles. The van der Waals surface area contributed by atoms with Gasteiger partial charge in [-0.05, 0) is 24.6 Å². The molecule has 1 unspecified atom stereocenters. The zero-order valence-electron chi connectivity index (χ0n) is 17.7. The van der Waals surface area contributed by atoms with Crippen molar-refractivity contribution >= 4 is 11.9 Å². The molecule has 0 radical (unpaired) electrons. The number of benzene rings is 2. The molecule has 0 bridgehead atoms. The minimum Gasteiger partial charge on any atom is -0.496 e. The summed E-state index contributed by atoms with van der Waals surface area (Å²) < 4.78 is 15.9. The van der Waals surface area contributed by atoms with Crippen molar-refractivity contribution in [3.8, 4) is 11.5 Å². The maximum atomic E-state index is 12.8. The Kier molecular flexibility index (Phi) is 7.30. The SMILES string of the molecule is COc1cccc(OC)c1C(=O)OC(C)C(=O)N1CCN(Cc2ccccc2)CC1. The fraction of sp³-hybridized carbons (Fsp3) is 0.391. The van der Waals surface area contributed by atoms with Crippen LogP contribution in [0.15, 0.2) is 48.5 Å². The Labute approximate surface area is 177 Å². The molecule has 1 amide bonds. The number of nitrogens with zero attached hydrogens (tertiary/aromatic N) is 2. The van der Waals surface area contributed by atoms with Crippen LogP contribution in [0.25, 0.3) is 0 Å². The third-order valence-corrected chi connectivity index (χ3v) is 5.20. The molecule has 3 rings (SSSR count). The van der Waals surface area contributed by atoms with E-state index in [1.54, 1.807) is 30.0 Å². The smallest absolute Gasteiger partial charge is 0.346 e. The number of rotatable bonds is 7. The van der Waals surface area contributed by atoms with E-state index in [0.29, 0.717) is 24.6 Å². The number of methoxy groups -OCH3 is 2. The van der Waals surface area contributed by atoms with Gasteiger partial charge in [-0.25, -0.2) is 4.79 Å². The Morgan fingerprint density at radius 2 is 1.50 bits per heavy atom. The summed E-state index contributed by atoms with van der Waals surface area (Å²) in [4.78, 5) is 29.6. The topological polar surface area (TPSA) is 68.3 Å². The van der Waals surface area contributed by atoms with E-state index < -0.39 is 12.1 Å². The summed E-state index contributed by atoms with van der Waals surface area (Å²) in [7, 11) is 2.93. The number of esters is 1. The van der Waals surface area contributed by atoms with E-state index in [0.717, 1.165) is 19.6 Å². The first-order valence-electron chi connectivity index (χ1n) is 10.0. The van der Waals surface area contributed by atoms with Gasteiger partial charge in [0.15, 0.2) is 6.10 Å². The summed E-state index contributed by atoms with van der Waals surface area (Å²) in [5, 5.41) is 0. The molecule has 0 saturated carbocycles. The van der Waals surface area contributed by atoms with Gasteiger partial charge in [0.05, 0.1) is 14.2 Å². The van der Waals surface area contributed by atoms with Gasteiger partial charge >= 0.3 is 5.97 Å². The molecule has 1 fully saturated rings. The van der Waals surface area contributed by atoms with E-state index in [2.05, 4.69) is 17.0 Å². The van der Waals surface area contributed by atoms with Crippen LogP contribution >= 0.6 is 0 Å². The maximum absolute atomic E-state index is 12.8. The lowest BCUT2D eigenvalue weighted by molar-refractivity contribution is -0.141. The number of amides is 1. The molecular formula is C23H28N2O5. The van der Waals surface area contributed by atoms with Gasteiger partial charge in [0, 0.05) is 32.7 Å². The Hall–Kier alpha value is -3.06. The summed E-state index contributed by atoms with van der Waals surface area (Å²) >= 11 is 0. The molecule has 160 valence electrons. The van der Waals surface area contributed by atoms with Crippen molar-refractivity contribution in [3.05, 3.63) is 59.7 Å². The lowest BCUT2D eigenvalue weighted by Crippen LogP contribution is -2.51. The Morgan fingerprint density at radius 1 is 0.900 bits per heavy atom. The number of ether oxygens (including phenoxy) is 3. The highest BCUT2D eigenvalue weighted by Gasteiger charge is 2.29. The Morgan fingerprint density at radius 3 is 2.07 bits per heavy atom. The van der Waals surface area contributed by atoms with E-state index in [1.165, 1.54) is 19.8 Å². The fourth-order valence-corrected chi connectivity index (χ4v) is 3.55. The highest BCUT2D eigenvalue weighted by molar-refractivity contribution is 5.97. The number of carbonyl (C=O) groups excluding carboxylic acids is 2. The number of hydrogen-bond donors (Lipinski definition) is 0. The largest absolute Gasteiger partial charge is 0.496 e. The van der Waals surface area contributed by atoms with Gasteiger partial charge in [-0.15, -0.1) is 0 Å². The van der Waals surface area contributed by atoms with Crippen LogP contribution in [0, 0.1) is 0 Å². The third kappa shape index (κ3) is 5.10. The second-order valence-corrected chi connectivity index (χ2v) is 7.17. The average Bonchev–Trinajstić information content (AvgIpc) is 2.79. The Balaban J connectivity index is 1.56. The van der Waals surface area contributed by atoms with Crippen LogP contribution in [-0.2, 0) is 16.1 Å². The molecule has 1 atom stereocenters. The molecule has 1 aliphatic rings. The van der Waals surface area contributed by atoms with Gasteiger partial charge in [-0.1, -0.05) is 36.4 Å². The monoisotopic (exact) mass is 412 g/mol. The van der Waals surface area contributed by atoms with Crippen LogP contribution in [-0.4, -0.2) is 68.2 Å². The van der Waals surface area contributed by atoms with Crippen LogP contribution < -0.4 is 9.47 Å². The van der Waals surface area contributed by atoms with Crippen molar-refractivity contribution in [2.75, 3.05) is 40.4 Å². The second-order valence-electron chi connectivity index (χ2n) is 7.17. The minimum absolute atomic E-state index is 0.176. The van der Waals surface area contributed by atoms with Crippen molar-refractivity contribution in [1.29, 1.82) is 0 Å². The van der Waals surface area contributed by atoms with Crippen molar-refractivity contribution in [2.24, 2.45) is 0 Å². The third-order valence-electron chi connectivity index (χ3n) is 5.20. The van der Waals surface area contributed by atoms with Crippen LogP contribution in [0.4, 0.5) is 0 Å². The quantitative estimate of drug-likeness (QED) is 0.651. The van der Waals surface area contributed by atoms with Gasteiger partial charge in [-0.3, -0.25) is 9.69 Å². The van der Waals surface area contributed by atoms with Gasteiger partial charge in [-0.2, -0.15) is 0 Å². The number of hydrogen-bond acceptors (Lipinski definition) is 6.